The molecule has 0 aromatic carbocycles. The third kappa shape index (κ3) is 1.81. The van der Waals surface area contributed by atoms with Gasteiger partial charge in [-0.25, -0.2) is 9.37 Å². The van der Waals surface area contributed by atoms with Crippen LogP contribution >= 0.6 is 0 Å². The summed E-state index contributed by atoms with van der Waals surface area (Å²) in [4.78, 5) is 8.16. The van der Waals surface area contributed by atoms with Gasteiger partial charge in [0.2, 0.25) is 0 Å². The fourth-order valence-electron chi connectivity index (χ4n) is 2.55. The molecule has 2 aromatic rings. The lowest BCUT2D eigenvalue weighted by atomic mass is 10.0. The lowest BCUT2D eigenvalue weighted by molar-refractivity contribution is 0.629. The standard InChI is InChI=1S/C16H14FN3.H2/c1-4-12-13(5-6-15(12)18-3)11-7-14(17)16-19-10(2)8-20(16)9-11;/h4-5,7-9H,1,3,6H2,2H3;1H. The molecule has 1 aliphatic carbocycles. The zero-order valence-corrected chi connectivity index (χ0v) is 11.2. The van der Waals surface area contributed by atoms with Crippen LogP contribution in [-0.2, 0) is 0 Å². The average molecular weight is 269 g/mol. The minimum atomic E-state index is -0.333. The van der Waals surface area contributed by atoms with E-state index in [0.717, 1.165) is 28.1 Å². The summed E-state index contributed by atoms with van der Waals surface area (Å²) in [6.45, 7) is 9.21. The Morgan fingerprint density at radius 1 is 1.50 bits per heavy atom. The van der Waals surface area contributed by atoms with Crippen LogP contribution in [-0.4, -0.2) is 16.1 Å². The largest absolute Gasteiger partial charge is 0.304 e. The molecule has 0 amide bonds. The zero-order chi connectivity index (χ0) is 14.3. The van der Waals surface area contributed by atoms with Gasteiger partial charge in [-0.3, -0.25) is 4.99 Å². The fourth-order valence-corrected chi connectivity index (χ4v) is 2.55. The Morgan fingerprint density at radius 2 is 2.30 bits per heavy atom. The molecule has 102 valence electrons. The summed E-state index contributed by atoms with van der Waals surface area (Å²) < 4.78 is 15.8. The van der Waals surface area contributed by atoms with Crippen molar-refractivity contribution < 1.29 is 5.82 Å². The van der Waals surface area contributed by atoms with Crippen molar-refractivity contribution in [1.29, 1.82) is 0 Å². The number of pyridine rings is 1. The number of aliphatic imine (C=N–C) groups is 1. The third-order valence-electron chi connectivity index (χ3n) is 3.43. The van der Waals surface area contributed by atoms with Crippen LogP contribution in [0.2, 0.25) is 0 Å². The van der Waals surface area contributed by atoms with Crippen molar-refractivity contribution >= 4 is 17.9 Å². The molecule has 20 heavy (non-hydrogen) atoms. The quantitative estimate of drug-likeness (QED) is 0.776. The van der Waals surface area contributed by atoms with E-state index < -0.39 is 0 Å². The van der Waals surface area contributed by atoms with E-state index in [2.05, 4.69) is 23.3 Å². The first-order valence-corrected chi connectivity index (χ1v) is 6.32. The number of allylic oxidation sites excluding steroid dienone is 4. The van der Waals surface area contributed by atoms with Gasteiger partial charge in [0.25, 0.3) is 0 Å². The van der Waals surface area contributed by atoms with Gasteiger partial charge in [-0.15, -0.1) is 0 Å². The molecule has 3 rings (SSSR count). The first kappa shape index (κ1) is 12.5. The van der Waals surface area contributed by atoms with Crippen LogP contribution in [0.15, 0.2) is 53.5 Å². The number of imidazole rings is 1. The molecular weight excluding hydrogens is 253 g/mol. The summed E-state index contributed by atoms with van der Waals surface area (Å²) in [7, 11) is 0. The highest BCUT2D eigenvalue weighted by Crippen LogP contribution is 2.35. The maximum absolute atomic E-state index is 14.1. The van der Waals surface area contributed by atoms with Gasteiger partial charge in [-0.2, -0.15) is 0 Å². The maximum atomic E-state index is 14.1. The van der Waals surface area contributed by atoms with Crippen molar-refractivity contribution in [3.05, 3.63) is 65.5 Å². The number of nitrogens with zero attached hydrogens (tertiary/aromatic N) is 3. The number of halogens is 1. The molecule has 2 heterocycles. The van der Waals surface area contributed by atoms with E-state index in [9.17, 15) is 4.39 Å². The highest BCUT2D eigenvalue weighted by Gasteiger charge is 2.18. The first-order chi connectivity index (χ1) is 9.63. The molecule has 2 aromatic heterocycles. The Morgan fingerprint density at radius 3 is 3.00 bits per heavy atom. The van der Waals surface area contributed by atoms with Crippen molar-refractivity contribution in [2.75, 3.05) is 0 Å². The van der Waals surface area contributed by atoms with Gasteiger partial charge in [0, 0.05) is 31.4 Å². The highest BCUT2D eigenvalue weighted by molar-refractivity contribution is 5.85. The second-order valence-corrected chi connectivity index (χ2v) is 4.73. The predicted molar refractivity (Wildman–Crippen MR) is 81.4 cm³/mol. The van der Waals surface area contributed by atoms with Gasteiger partial charge in [0.15, 0.2) is 11.5 Å². The van der Waals surface area contributed by atoms with Crippen LogP contribution < -0.4 is 0 Å². The molecule has 0 saturated carbocycles. The molecule has 0 spiro atoms. The molecule has 3 nitrogen and oxygen atoms in total. The number of fused-ring (bicyclic) bond motifs is 1. The second-order valence-electron chi connectivity index (χ2n) is 4.73. The second kappa shape index (κ2) is 4.56. The summed E-state index contributed by atoms with van der Waals surface area (Å²) in [6, 6.07) is 1.50. The molecule has 4 heteroatoms. The Kier molecular flexibility index (Phi) is 2.86. The SMILES string of the molecule is C=CC1=C(N=C)CC=C1c1cc(F)c2nc(C)cn2c1.[HH]. The smallest absolute Gasteiger partial charge is 0.173 e. The van der Waals surface area contributed by atoms with Crippen molar-refractivity contribution in [2.24, 2.45) is 4.99 Å². The molecule has 0 N–H and O–H groups in total. The Bertz CT molecular complexity index is 799. The highest BCUT2D eigenvalue weighted by atomic mass is 19.1. The number of hydrogen-bond donors (Lipinski definition) is 0. The molecule has 0 unspecified atom stereocenters. The minimum absolute atomic E-state index is 0. The van der Waals surface area contributed by atoms with E-state index in [4.69, 9.17) is 0 Å². The summed E-state index contributed by atoms with van der Waals surface area (Å²) in [5, 5.41) is 0. The normalized spacial score (nSPS) is 14.8. The van der Waals surface area contributed by atoms with Crippen LogP contribution in [0.3, 0.4) is 0 Å². The van der Waals surface area contributed by atoms with E-state index in [1.807, 2.05) is 19.2 Å². The average Bonchev–Trinajstić information content (AvgIpc) is 3.00. The predicted octanol–water partition coefficient (Wildman–Crippen LogP) is 3.96. The molecule has 0 atom stereocenters. The molecule has 1 aliphatic rings. The Labute approximate surface area is 118 Å². The van der Waals surface area contributed by atoms with Crippen molar-refractivity contribution in [3.63, 3.8) is 0 Å². The molecule has 0 aliphatic heterocycles. The van der Waals surface area contributed by atoms with Crippen LogP contribution in [0, 0.1) is 12.7 Å². The molecule has 0 radical (unpaired) electrons. The van der Waals surface area contributed by atoms with Crippen LogP contribution in [0.5, 0.6) is 0 Å². The number of aryl methyl sites for hydroxylation is 1. The topological polar surface area (TPSA) is 29.7 Å². The minimum Gasteiger partial charge on any atom is -0.304 e. The van der Waals surface area contributed by atoms with Crippen LogP contribution in [0.1, 0.15) is 19.1 Å². The summed E-state index contributed by atoms with van der Waals surface area (Å²) in [5.41, 5.74) is 4.65. The molecule has 0 saturated heterocycles. The van der Waals surface area contributed by atoms with Gasteiger partial charge in [-0.1, -0.05) is 18.7 Å². The maximum Gasteiger partial charge on any atom is 0.173 e. The van der Waals surface area contributed by atoms with Crippen LogP contribution in [0.4, 0.5) is 4.39 Å². The lowest BCUT2D eigenvalue weighted by Crippen LogP contribution is -1.94. The van der Waals surface area contributed by atoms with Gasteiger partial charge in [-0.05, 0) is 25.3 Å². The monoisotopic (exact) mass is 269 g/mol. The zero-order valence-electron chi connectivity index (χ0n) is 11.2. The number of rotatable bonds is 3. The summed E-state index contributed by atoms with van der Waals surface area (Å²) in [5.74, 6) is -0.333. The van der Waals surface area contributed by atoms with Crippen molar-refractivity contribution in [2.45, 2.75) is 13.3 Å². The first-order valence-electron chi connectivity index (χ1n) is 6.32. The molecular formula is C16H16FN3. The third-order valence-corrected chi connectivity index (χ3v) is 3.43. The van der Waals surface area contributed by atoms with E-state index in [1.54, 1.807) is 16.7 Å². The van der Waals surface area contributed by atoms with Crippen molar-refractivity contribution in [1.82, 2.24) is 9.38 Å². The Hall–Kier alpha value is -2.49. The molecule has 0 fully saturated rings. The summed E-state index contributed by atoms with van der Waals surface area (Å²) >= 11 is 0. The number of hydrogen-bond acceptors (Lipinski definition) is 2. The van der Waals surface area contributed by atoms with E-state index in [0.29, 0.717) is 12.1 Å². The van der Waals surface area contributed by atoms with Gasteiger partial charge < -0.3 is 4.40 Å². The summed E-state index contributed by atoms with van der Waals surface area (Å²) in [6.07, 6.45) is 8.14. The fraction of sp³-hybridized carbons (Fsp3) is 0.125. The number of aromatic nitrogens is 2. The van der Waals surface area contributed by atoms with E-state index >= 15 is 0 Å². The Balaban J connectivity index is 0.00000161. The lowest BCUT2D eigenvalue weighted by Gasteiger charge is -2.07. The van der Waals surface area contributed by atoms with Crippen molar-refractivity contribution in [3.8, 4) is 0 Å². The van der Waals surface area contributed by atoms with E-state index in [1.165, 1.54) is 6.07 Å². The van der Waals surface area contributed by atoms with E-state index in [-0.39, 0.29) is 7.24 Å². The van der Waals surface area contributed by atoms with Gasteiger partial charge >= 0.3 is 0 Å². The molecule has 0 bridgehead atoms. The van der Waals surface area contributed by atoms with Gasteiger partial charge in [0.1, 0.15) is 0 Å². The van der Waals surface area contributed by atoms with Crippen LogP contribution in [0.25, 0.3) is 11.2 Å². The van der Waals surface area contributed by atoms with Gasteiger partial charge in [0.05, 0.1) is 11.4 Å².